The summed E-state index contributed by atoms with van der Waals surface area (Å²) in [6.45, 7) is 4.89. The molecular weight excluding hydrogens is 336 g/mol. The molecule has 8 nitrogen and oxygen atoms in total. The third-order valence-electron chi connectivity index (χ3n) is 3.13. The average molecular weight is 358 g/mol. The Balaban J connectivity index is 1.97. The summed E-state index contributed by atoms with van der Waals surface area (Å²) in [5.41, 5.74) is 5.90. The zero-order valence-corrected chi connectivity index (χ0v) is 15.0. The molecule has 0 saturated heterocycles. The van der Waals surface area contributed by atoms with Gasteiger partial charge in [-0.2, -0.15) is 4.98 Å². The van der Waals surface area contributed by atoms with E-state index >= 15 is 0 Å². The zero-order chi connectivity index (χ0) is 18.8. The van der Waals surface area contributed by atoms with Crippen molar-refractivity contribution in [3.8, 4) is 17.4 Å². The number of carbonyl (C=O) groups excluding carboxylic acids is 1. The number of carbonyl (C=O) groups is 1. The maximum absolute atomic E-state index is 11.9. The van der Waals surface area contributed by atoms with Gasteiger partial charge in [-0.05, 0) is 37.6 Å². The smallest absolute Gasteiger partial charge is 0.262 e. The number of nitrogens with zero attached hydrogens (tertiary/aromatic N) is 2. The molecule has 0 bridgehead atoms. The minimum absolute atomic E-state index is 0.228. The molecular formula is C18H22N4O4. The summed E-state index contributed by atoms with van der Waals surface area (Å²) in [5, 5.41) is 0. The Hall–Kier alpha value is -3.29. The first-order chi connectivity index (χ1) is 12.7. The van der Waals surface area contributed by atoms with Crippen LogP contribution in [0, 0.1) is 0 Å². The fourth-order valence-corrected chi connectivity index (χ4v) is 2.02. The Labute approximate surface area is 152 Å². The molecule has 0 spiro atoms. The monoisotopic (exact) mass is 358 g/mol. The van der Waals surface area contributed by atoms with Gasteiger partial charge in [0.1, 0.15) is 0 Å². The lowest BCUT2D eigenvalue weighted by Crippen LogP contribution is -2.28. The second kappa shape index (κ2) is 9.87. The quantitative estimate of drug-likeness (QED) is 0.525. The molecule has 2 N–H and O–H groups in total. The maximum atomic E-state index is 11.9. The molecule has 138 valence electrons. The number of benzene rings is 1. The number of anilines is 1. The van der Waals surface area contributed by atoms with E-state index in [9.17, 15) is 4.79 Å². The van der Waals surface area contributed by atoms with Crippen LogP contribution in [-0.4, -0.2) is 36.2 Å². The summed E-state index contributed by atoms with van der Waals surface area (Å²) in [4.78, 5) is 19.9. The average Bonchev–Trinajstić information content (AvgIpc) is 2.67. The van der Waals surface area contributed by atoms with Crippen LogP contribution in [0.4, 0.5) is 5.95 Å². The van der Waals surface area contributed by atoms with Crippen molar-refractivity contribution in [1.82, 2.24) is 15.4 Å². The number of hydrogen-bond acceptors (Lipinski definition) is 7. The molecule has 1 aromatic carbocycles. The number of amides is 1. The van der Waals surface area contributed by atoms with Crippen LogP contribution in [0.5, 0.6) is 17.4 Å². The number of ether oxygens (including phenoxy) is 3. The highest BCUT2D eigenvalue weighted by Gasteiger charge is 2.05. The Morgan fingerprint density at radius 3 is 2.65 bits per heavy atom. The van der Waals surface area contributed by atoms with Crippen LogP contribution in [0.1, 0.15) is 19.4 Å². The Morgan fingerprint density at radius 2 is 1.92 bits per heavy atom. The Kier molecular flexibility index (Phi) is 7.23. The number of rotatable bonds is 9. The van der Waals surface area contributed by atoms with Gasteiger partial charge < -0.3 is 14.2 Å². The van der Waals surface area contributed by atoms with E-state index in [1.54, 1.807) is 12.1 Å². The Morgan fingerprint density at radius 1 is 1.15 bits per heavy atom. The minimum atomic E-state index is -0.358. The van der Waals surface area contributed by atoms with Crippen molar-refractivity contribution in [3.63, 3.8) is 0 Å². The second-order valence-electron chi connectivity index (χ2n) is 4.94. The number of methoxy groups -OCH3 is 1. The van der Waals surface area contributed by atoms with E-state index in [1.807, 2.05) is 32.0 Å². The highest BCUT2D eigenvalue weighted by Crippen LogP contribution is 2.28. The highest BCUT2D eigenvalue weighted by molar-refractivity contribution is 5.92. The fourth-order valence-electron chi connectivity index (χ4n) is 2.02. The molecule has 1 aromatic heterocycles. The molecule has 0 aliphatic heterocycles. The molecule has 0 saturated carbocycles. The van der Waals surface area contributed by atoms with E-state index in [1.165, 1.54) is 19.4 Å². The summed E-state index contributed by atoms with van der Waals surface area (Å²) in [7, 11) is 1.50. The molecule has 1 amide bonds. The van der Waals surface area contributed by atoms with E-state index in [0.717, 1.165) is 5.56 Å². The van der Waals surface area contributed by atoms with Gasteiger partial charge in [0.05, 0.1) is 20.3 Å². The van der Waals surface area contributed by atoms with Crippen LogP contribution < -0.4 is 25.1 Å². The third kappa shape index (κ3) is 5.66. The molecule has 2 aromatic rings. The first-order valence-corrected chi connectivity index (χ1v) is 8.17. The molecule has 0 radical (unpaired) electrons. The van der Waals surface area contributed by atoms with Gasteiger partial charge in [-0.25, -0.2) is 4.98 Å². The van der Waals surface area contributed by atoms with E-state index in [-0.39, 0.29) is 11.9 Å². The van der Waals surface area contributed by atoms with E-state index in [0.29, 0.717) is 30.6 Å². The minimum Gasteiger partial charge on any atom is -0.490 e. The largest absolute Gasteiger partial charge is 0.490 e. The predicted octanol–water partition coefficient (Wildman–Crippen LogP) is 2.44. The number of nitrogens with one attached hydrogen (secondary N) is 2. The lowest BCUT2D eigenvalue weighted by molar-refractivity contribution is -0.116. The lowest BCUT2D eigenvalue weighted by atomic mass is 10.2. The summed E-state index contributed by atoms with van der Waals surface area (Å²) in [6.07, 6.45) is 4.58. The molecule has 8 heteroatoms. The van der Waals surface area contributed by atoms with Gasteiger partial charge in [-0.3, -0.25) is 15.6 Å². The third-order valence-corrected chi connectivity index (χ3v) is 3.13. The van der Waals surface area contributed by atoms with Gasteiger partial charge in [0.2, 0.25) is 11.8 Å². The van der Waals surface area contributed by atoms with Crippen molar-refractivity contribution < 1.29 is 19.0 Å². The maximum Gasteiger partial charge on any atom is 0.262 e. The van der Waals surface area contributed by atoms with Crippen LogP contribution in [-0.2, 0) is 4.79 Å². The van der Waals surface area contributed by atoms with E-state index in [2.05, 4.69) is 20.8 Å². The van der Waals surface area contributed by atoms with E-state index in [4.69, 9.17) is 14.2 Å². The summed E-state index contributed by atoms with van der Waals surface area (Å²) < 4.78 is 16.1. The van der Waals surface area contributed by atoms with Crippen molar-refractivity contribution in [2.75, 3.05) is 25.7 Å². The van der Waals surface area contributed by atoms with Gasteiger partial charge >= 0.3 is 0 Å². The van der Waals surface area contributed by atoms with Gasteiger partial charge in [0.15, 0.2) is 11.5 Å². The molecule has 0 aliphatic carbocycles. The van der Waals surface area contributed by atoms with Crippen LogP contribution in [0.15, 0.2) is 36.5 Å². The SMILES string of the molecule is CCOc1ccc(/C=C/C(=O)NNc2nccc(OC)n2)cc1OCC. The predicted molar refractivity (Wildman–Crippen MR) is 98.2 cm³/mol. The van der Waals surface area contributed by atoms with Crippen LogP contribution in [0.3, 0.4) is 0 Å². The summed E-state index contributed by atoms with van der Waals surface area (Å²) in [5.74, 6) is 1.58. The molecule has 0 aliphatic rings. The van der Waals surface area contributed by atoms with Crippen LogP contribution in [0.25, 0.3) is 6.08 Å². The number of aromatic nitrogens is 2. The second-order valence-corrected chi connectivity index (χ2v) is 4.94. The highest BCUT2D eigenvalue weighted by atomic mass is 16.5. The van der Waals surface area contributed by atoms with Crippen molar-refractivity contribution in [1.29, 1.82) is 0 Å². The molecule has 1 heterocycles. The van der Waals surface area contributed by atoms with Gasteiger partial charge in [-0.15, -0.1) is 0 Å². The van der Waals surface area contributed by atoms with Crippen molar-refractivity contribution in [2.24, 2.45) is 0 Å². The number of hydrazine groups is 1. The molecule has 0 fully saturated rings. The fraction of sp³-hybridized carbons (Fsp3) is 0.278. The summed E-state index contributed by atoms with van der Waals surface area (Å²) in [6, 6.07) is 7.08. The first kappa shape index (κ1) is 19.0. The lowest BCUT2D eigenvalue weighted by Gasteiger charge is -2.11. The van der Waals surface area contributed by atoms with E-state index < -0.39 is 0 Å². The summed E-state index contributed by atoms with van der Waals surface area (Å²) >= 11 is 0. The standard InChI is InChI=1S/C18H22N4O4/c1-4-25-14-8-6-13(12-15(14)26-5-2)7-9-16(23)21-22-18-19-11-10-17(20-18)24-3/h6-12H,4-5H2,1-3H3,(H,21,23)(H,19,20,22)/b9-7+. The van der Waals surface area contributed by atoms with Crippen molar-refractivity contribution >= 4 is 17.9 Å². The first-order valence-electron chi connectivity index (χ1n) is 8.17. The topological polar surface area (TPSA) is 94.6 Å². The van der Waals surface area contributed by atoms with Crippen molar-refractivity contribution in [2.45, 2.75) is 13.8 Å². The van der Waals surface area contributed by atoms with Crippen LogP contribution >= 0.6 is 0 Å². The van der Waals surface area contributed by atoms with Gasteiger partial charge in [-0.1, -0.05) is 6.07 Å². The molecule has 2 rings (SSSR count). The van der Waals surface area contributed by atoms with Crippen molar-refractivity contribution in [3.05, 3.63) is 42.1 Å². The van der Waals surface area contributed by atoms with Gasteiger partial charge in [0.25, 0.3) is 5.91 Å². The molecule has 0 atom stereocenters. The zero-order valence-electron chi connectivity index (χ0n) is 15.0. The van der Waals surface area contributed by atoms with Crippen LogP contribution in [0.2, 0.25) is 0 Å². The van der Waals surface area contributed by atoms with Gasteiger partial charge in [0, 0.05) is 18.3 Å². The Bertz CT molecular complexity index is 765. The number of hydrogen-bond donors (Lipinski definition) is 2. The molecule has 0 unspecified atom stereocenters. The molecule has 26 heavy (non-hydrogen) atoms. The normalized spacial score (nSPS) is 10.4.